The minimum atomic E-state index is -4.23. The van der Waals surface area contributed by atoms with Gasteiger partial charge in [0.25, 0.3) is 10.1 Å². The molecule has 0 amide bonds. The predicted molar refractivity (Wildman–Crippen MR) is 159 cm³/mol. The molecule has 7 nitrogen and oxygen atoms in total. The van der Waals surface area contributed by atoms with Crippen LogP contribution in [0.25, 0.3) is 5.69 Å². The van der Waals surface area contributed by atoms with E-state index >= 15 is 0 Å². The molecule has 0 saturated heterocycles. The van der Waals surface area contributed by atoms with Gasteiger partial charge in [-0.25, -0.2) is 18.2 Å². The summed E-state index contributed by atoms with van der Waals surface area (Å²) in [5, 5.41) is 3.71. The van der Waals surface area contributed by atoms with Crippen molar-refractivity contribution >= 4 is 50.8 Å². The molecule has 14 heteroatoms. The summed E-state index contributed by atoms with van der Waals surface area (Å²) >= 11 is 13.5. The van der Waals surface area contributed by atoms with Crippen LogP contribution in [0.1, 0.15) is 30.7 Å². The first-order chi connectivity index (χ1) is 19.7. The maximum absolute atomic E-state index is 15.0. The molecule has 1 aromatic heterocycles. The van der Waals surface area contributed by atoms with Crippen LogP contribution >= 0.6 is 35.0 Å². The fourth-order valence-electron chi connectivity index (χ4n) is 4.25. The number of rotatable bonds is 11. The first kappa shape index (κ1) is 32.0. The van der Waals surface area contributed by atoms with Gasteiger partial charge in [-0.05, 0) is 42.0 Å². The summed E-state index contributed by atoms with van der Waals surface area (Å²) in [6.07, 6.45) is 1.63. The first-order valence-electron chi connectivity index (χ1n) is 12.4. The summed E-state index contributed by atoms with van der Waals surface area (Å²) in [7, 11) is -2.88. The van der Waals surface area contributed by atoms with Gasteiger partial charge in [0.1, 0.15) is 11.6 Å². The van der Waals surface area contributed by atoms with Crippen molar-refractivity contribution in [3.05, 3.63) is 99.0 Å². The predicted octanol–water partition coefficient (Wildman–Crippen LogP) is 7.52. The van der Waals surface area contributed by atoms with E-state index in [2.05, 4.69) is 10.3 Å². The Morgan fingerprint density at radius 2 is 1.71 bits per heavy atom. The molecule has 1 heterocycles. The molecule has 42 heavy (non-hydrogen) atoms. The van der Waals surface area contributed by atoms with E-state index in [4.69, 9.17) is 32.5 Å². The number of nitrogens with one attached hydrogen (secondary N) is 1. The second kappa shape index (κ2) is 12.8. The van der Waals surface area contributed by atoms with Crippen molar-refractivity contribution < 1.29 is 30.9 Å². The molecule has 0 bridgehead atoms. The monoisotopic (exact) mass is 659 g/mol. The topological polar surface area (TPSA) is 93.5 Å². The molecule has 0 aliphatic carbocycles. The van der Waals surface area contributed by atoms with Gasteiger partial charge in [0.2, 0.25) is 0 Å². The highest BCUT2D eigenvalue weighted by Gasteiger charge is 2.30. The van der Waals surface area contributed by atoms with E-state index < -0.39 is 38.7 Å². The van der Waals surface area contributed by atoms with Crippen LogP contribution in [0.3, 0.4) is 0 Å². The van der Waals surface area contributed by atoms with Crippen molar-refractivity contribution in [2.24, 2.45) is 0 Å². The van der Waals surface area contributed by atoms with Crippen molar-refractivity contribution in [2.45, 2.75) is 30.2 Å². The van der Waals surface area contributed by atoms with Crippen LogP contribution in [-0.4, -0.2) is 41.9 Å². The lowest BCUT2D eigenvalue weighted by molar-refractivity contribution is 0.386. The number of imidazole rings is 1. The maximum Gasteiger partial charge on any atom is 0.266 e. The molecule has 0 unspecified atom stereocenters. The summed E-state index contributed by atoms with van der Waals surface area (Å²) in [5.74, 6) is -3.03. The van der Waals surface area contributed by atoms with Crippen LogP contribution in [-0.2, 0) is 21.3 Å². The number of hydrogen-bond donors (Lipinski definition) is 2. The Hall–Kier alpha value is -2.90. The average Bonchev–Trinajstić information content (AvgIpc) is 3.34. The minimum absolute atomic E-state index is 0.00428. The number of thioether (sulfide) groups is 1. The number of ether oxygens (including phenoxy) is 1. The summed E-state index contributed by atoms with van der Waals surface area (Å²) in [6, 6.07) is 11.7. The lowest BCUT2D eigenvalue weighted by atomic mass is 9.81. The number of hydrogen-bond acceptors (Lipinski definition) is 6. The van der Waals surface area contributed by atoms with Crippen molar-refractivity contribution in [3.8, 4) is 11.4 Å². The van der Waals surface area contributed by atoms with Gasteiger partial charge in [0, 0.05) is 35.0 Å². The van der Waals surface area contributed by atoms with E-state index in [1.807, 2.05) is 19.9 Å². The molecular weight excluding hydrogens is 634 g/mol. The van der Waals surface area contributed by atoms with E-state index in [0.29, 0.717) is 26.6 Å². The normalized spacial score (nSPS) is 12.0. The quantitative estimate of drug-likeness (QED) is 0.127. The van der Waals surface area contributed by atoms with Gasteiger partial charge in [-0.15, -0.1) is 0 Å². The number of methoxy groups -OCH3 is 1. The van der Waals surface area contributed by atoms with Crippen molar-refractivity contribution in [2.75, 3.05) is 24.7 Å². The number of aromatic nitrogens is 2. The maximum atomic E-state index is 15.0. The van der Waals surface area contributed by atoms with Gasteiger partial charge in [-0.1, -0.05) is 54.9 Å². The first-order valence-corrected chi connectivity index (χ1v) is 15.7. The third-order valence-corrected chi connectivity index (χ3v) is 9.02. The Morgan fingerprint density at radius 3 is 2.33 bits per heavy atom. The summed E-state index contributed by atoms with van der Waals surface area (Å²) in [5.41, 5.74) is 1.10. The SMILES string of the molecule is COc1cc(-n2c(C(C)(C)c3ccc(Cl)c(Cl)c3)cnc2SCc2c(F)cc(NCCS(=O)(=O)O)cc2F)ccc1F. The van der Waals surface area contributed by atoms with Gasteiger partial charge in [0.05, 0.1) is 40.5 Å². The minimum Gasteiger partial charge on any atom is -0.494 e. The molecule has 0 radical (unpaired) electrons. The molecule has 224 valence electrons. The second-order valence-corrected chi connectivity index (χ2v) is 13.1. The lowest BCUT2D eigenvalue weighted by Gasteiger charge is -2.28. The zero-order valence-electron chi connectivity index (χ0n) is 22.6. The number of nitrogens with zero attached hydrogens (tertiary/aromatic N) is 2. The Bertz CT molecular complexity index is 1710. The van der Waals surface area contributed by atoms with Crippen molar-refractivity contribution in [3.63, 3.8) is 0 Å². The van der Waals surface area contributed by atoms with E-state index in [9.17, 15) is 21.6 Å². The Balaban J connectivity index is 1.71. The Labute approximate surface area is 255 Å². The van der Waals surface area contributed by atoms with Crippen LogP contribution in [0.15, 0.2) is 59.9 Å². The fraction of sp³-hybridized carbons (Fsp3) is 0.250. The zero-order valence-corrected chi connectivity index (χ0v) is 25.7. The highest BCUT2D eigenvalue weighted by Crippen LogP contribution is 2.39. The van der Waals surface area contributed by atoms with Crippen LogP contribution in [0.2, 0.25) is 10.0 Å². The molecule has 0 aliphatic heterocycles. The number of benzene rings is 3. The number of halogens is 5. The van der Waals surface area contributed by atoms with Crippen LogP contribution in [0.5, 0.6) is 5.75 Å². The highest BCUT2D eigenvalue weighted by molar-refractivity contribution is 7.98. The van der Waals surface area contributed by atoms with Crippen LogP contribution in [0.4, 0.5) is 18.9 Å². The fourth-order valence-corrected chi connectivity index (χ4v) is 5.92. The molecule has 3 aromatic carbocycles. The van der Waals surface area contributed by atoms with Gasteiger partial charge < -0.3 is 10.1 Å². The third-order valence-electron chi connectivity index (χ3n) is 6.58. The van der Waals surface area contributed by atoms with E-state index in [-0.39, 0.29) is 29.3 Å². The summed E-state index contributed by atoms with van der Waals surface area (Å²) in [4.78, 5) is 4.55. The average molecular weight is 661 g/mol. The van der Waals surface area contributed by atoms with Gasteiger partial charge in [-0.3, -0.25) is 9.12 Å². The highest BCUT2D eigenvalue weighted by atomic mass is 35.5. The molecule has 4 rings (SSSR count). The van der Waals surface area contributed by atoms with Crippen LogP contribution in [0, 0.1) is 17.5 Å². The van der Waals surface area contributed by atoms with E-state index in [1.165, 1.54) is 19.2 Å². The van der Waals surface area contributed by atoms with E-state index in [0.717, 1.165) is 29.5 Å². The molecule has 0 atom stereocenters. The van der Waals surface area contributed by atoms with Gasteiger partial charge in [0.15, 0.2) is 16.7 Å². The van der Waals surface area contributed by atoms with Gasteiger partial charge >= 0.3 is 0 Å². The standard InChI is InChI=1S/C28H26Cl2F3N3O4S2/c1-28(2,16-4-6-20(29)21(30)10-16)26-14-35-27(36(26)18-5-7-22(31)25(13-18)40-3)41-15-19-23(32)11-17(12-24(19)33)34-8-9-42(37,38)39/h4-7,10-14,34H,8-9,15H2,1-3H3,(H,37,38,39). The summed E-state index contributed by atoms with van der Waals surface area (Å²) < 4.78 is 81.8. The largest absolute Gasteiger partial charge is 0.494 e. The smallest absolute Gasteiger partial charge is 0.266 e. The molecule has 0 fully saturated rings. The molecule has 0 aliphatic rings. The Kier molecular flexibility index (Phi) is 9.73. The molecule has 0 spiro atoms. The van der Waals surface area contributed by atoms with Gasteiger partial charge in [-0.2, -0.15) is 8.42 Å². The third kappa shape index (κ3) is 7.17. The summed E-state index contributed by atoms with van der Waals surface area (Å²) in [6.45, 7) is 3.66. The molecule has 0 saturated carbocycles. The second-order valence-electron chi connectivity index (χ2n) is 9.75. The molecular formula is C28H26Cl2F3N3O4S2. The molecule has 4 aromatic rings. The zero-order chi connectivity index (χ0) is 30.8. The number of anilines is 1. The van der Waals surface area contributed by atoms with Crippen LogP contribution < -0.4 is 10.1 Å². The van der Waals surface area contributed by atoms with E-state index in [1.54, 1.807) is 29.0 Å². The molecule has 2 N–H and O–H groups in total. The van der Waals surface area contributed by atoms with Crippen molar-refractivity contribution in [1.29, 1.82) is 0 Å². The Morgan fingerprint density at radius 1 is 1.02 bits per heavy atom. The van der Waals surface area contributed by atoms with Crippen molar-refractivity contribution in [1.82, 2.24) is 9.55 Å². The lowest BCUT2D eigenvalue weighted by Crippen LogP contribution is -2.23.